The molecule has 1 aliphatic rings. The summed E-state index contributed by atoms with van der Waals surface area (Å²) in [6, 6.07) is 5.99. The minimum atomic E-state index is -0.884. The SMILES string of the molecule is COc1ccc(C(=O)NC(=O)CN2C(=O)c3c(Cl)c(Cl)c(Cl)c(Cl)c3C2=O)cc1. The lowest BCUT2D eigenvalue weighted by molar-refractivity contribution is -0.120. The molecule has 0 unspecified atom stereocenters. The van der Waals surface area contributed by atoms with Crippen LogP contribution in [0.25, 0.3) is 0 Å². The van der Waals surface area contributed by atoms with Crippen LogP contribution in [0.4, 0.5) is 0 Å². The molecule has 0 bridgehead atoms. The van der Waals surface area contributed by atoms with Crippen molar-refractivity contribution in [3.63, 3.8) is 0 Å². The van der Waals surface area contributed by atoms with Gasteiger partial charge in [0.1, 0.15) is 12.3 Å². The molecule has 0 saturated heterocycles. The Balaban J connectivity index is 1.78. The Kier molecular flexibility index (Phi) is 6.05. The topological polar surface area (TPSA) is 92.8 Å². The maximum absolute atomic E-state index is 12.6. The van der Waals surface area contributed by atoms with Gasteiger partial charge >= 0.3 is 0 Å². The number of methoxy groups -OCH3 is 1. The Morgan fingerprint density at radius 1 is 0.897 bits per heavy atom. The van der Waals surface area contributed by atoms with Crippen molar-refractivity contribution >= 4 is 70.0 Å². The van der Waals surface area contributed by atoms with Crippen LogP contribution < -0.4 is 10.1 Å². The molecule has 4 amide bonds. The van der Waals surface area contributed by atoms with Gasteiger partial charge in [-0.25, -0.2) is 0 Å². The monoisotopic (exact) mass is 474 g/mol. The van der Waals surface area contributed by atoms with Crippen molar-refractivity contribution in [2.24, 2.45) is 0 Å². The molecular weight excluding hydrogens is 466 g/mol. The minimum absolute atomic E-state index is 0.181. The molecule has 1 aliphatic heterocycles. The zero-order valence-corrected chi connectivity index (χ0v) is 17.5. The zero-order chi connectivity index (χ0) is 21.5. The van der Waals surface area contributed by atoms with E-state index in [-0.39, 0.29) is 36.8 Å². The second-order valence-corrected chi connectivity index (χ2v) is 7.32. The van der Waals surface area contributed by atoms with Crippen molar-refractivity contribution in [3.05, 3.63) is 61.0 Å². The van der Waals surface area contributed by atoms with Gasteiger partial charge in [0.05, 0.1) is 38.3 Å². The maximum Gasteiger partial charge on any atom is 0.263 e. The third kappa shape index (κ3) is 3.79. The van der Waals surface area contributed by atoms with E-state index in [1.807, 2.05) is 0 Å². The van der Waals surface area contributed by atoms with E-state index in [9.17, 15) is 19.2 Å². The highest BCUT2D eigenvalue weighted by Crippen LogP contribution is 2.44. The summed E-state index contributed by atoms with van der Waals surface area (Å²) < 4.78 is 4.99. The fraction of sp³-hybridized carbons (Fsp3) is 0.111. The van der Waals surface area contributed by atoms with Crippen LogP contribution in [0, 0.1) is 0 Å². The van der Waals surface area contributed by atoms with Crippen LogP contribution in [0.1, 0.15) is 31.1 Å². The van der Waals surface area contributed by atoms with Crippen molar-refractivity contribution in [2.45, 2.75) is 0 Å². The molecule has 7 nitrogen and oxygen atoms in total. The number of hydrogen-bond donors (Lipinski definition) is 1. The molecule has 0 radical (unpaired) electrons. The van der Waals surface area contributed by atoms with Crippen molar-refractivity contribution in [1.29, 1.82) is 0 Å². The molecule has 0 spiro atoms. The smallest absolute Gasteiger partial charge is 0.263 e. The summed E-state index contributed by atoms with van der Waals surface area (Å²) in [6.45, 7) is -0.726. The van der Waals surface area contributed by atoms with E-state index < -0.39 is 30.2 Å². The van der Waals surface area contributed by atoms with Crippen LogP contribution in [0.15, 0.2) is 24.3 Å². The summed E-state index contributed by atoms with van der Waals surface area (Å²) in [6.07, 6.45) is 0. The van der Waals surface area contributed by atoms with Gasteiger partial charge in [-0.3, -0.25) is 29.4 Å². The molecule has 2 aromatic rings. The Morgan fingerprint density at radius 2 is 1.38 bits per heavy atom. The Labute approximate surface area is 184 Å². The first-order chi connectivity index (χ1) is 13.7. The number of amides is 4. The van der Waals surface area contributed by atoms with Crippen LogP contribution in [-0.4, -0.2) is 42.2 Å². The molecule has 150 valence electrons. The van der Waals surface area contributed by atoms with Crippen LogP contribution in [0.5, 0.6) is 5.75 Å². The number of benzene rings is 2. The van der Waals surface area contributed by atoms with Gasteiger partial charge in [-0.2, -0.15) is 0 Å². The average molecular weight is 476 g/mol. The second-order valence-electron chi connectivity index (χ2n) is 5.81. The summed E-state index contributed by atoms with van der Waals surface area (Å²) in [4.78, 5) is 50.2. The molecule has 11 heteroatoms. The van der Waals surface area contributed by atoms with Gasteiger partial charge in [0.15, 0.2) is 0 Å². The number of carbonyl (C=O) groups excluding carboxylic acids is 4. The summed E-state index contributed by atoms with van der Waals surface area (Å²) >= 11 is 23.9. The van der Waals surface area contributed by atoms with E-state index >= 15 is 0 Å². The van der Waals surface area contributed by atoms with E-state index in [1.165, 1.54) is 19.2 Å². The fourth-order valence-electron chi connectivity index (χ4n) is 2.66. The quantitative estimate of drug-likeness (QED) is 0.411. The van der Waals surface area contributed by atoms with Crippen molar-refractivity contribution < 1.29 is 23.9 Å². The van der Waals surface area contributed by atoms with Crippen LogP contribution >= 0.6 is 46.4 Å². The highest BCUT2D eigenvalue weighted by atomic mass is 35.5. The Morgan fingerprint density at radius 3 is 1.83 bits per heavy atom. The van der Waals surface area contributed by atoms with Crippen molar-refractivity contribution in [1.82, 2.24) is 10.2 Å². The largest absolute Gasteiger partial charge is 0.497 e. The minimum Gasteiger partial charge on any atom is -0.497 e. The van der Waals surface area contributed by atoms with Gasteiger partial charge in [-0.15, -0.1) is 0 Å². The van der Waals surface area contributed by atoms with E-state index in [1.54, 1.807) is 12.1 Å². The fourth-order valence-corrected chi connectivity index (χ4v) is 3.68. The first-order valence-electron chi connectivity index (χ1n) is 7.87. The van der Waals surface area contributed by atoms with Crippen LogP contribution in [0.3, 0.4) is 0 Å². The van der Waals surface area contributed by atoms with Gasteiger partial charge < -0.3 is 4.74 Å². The lowest BCUT2D eigenvalue weighted by Gasteiger charge is -2.13. The van der Waals surface area contributed by atoms with Crippen molar-refractivity contribution in [2.75, 3.05) is 13.7 Å². The number of imide groups is 2. The highest BCUT2D eigenvalue weighted by Gasteiger charge is 2.42. The number of rotatable bonds is 4. The predicted octanol–water partition coefficient (Wildman–Crippen LogP) is 3.86. The number of nitrogens with one attached hydrogen (secondary N) is 1. The van der Waals surface area contributed by atoms with Crippen LogP contribution in [-0.2, 0) is 4.79 Å². The molecule has 0 aliphatic carbocycles. The Bertz CT molecular complexity index is 1020. The lowest BCUT2D eigenvalue weighted by Crippen LogP contribution is -2.42. The predicted molar refractivity (Wildman–Crippen MR) is 107 cm³/mol. The molecule has 0 aromatic heterocycles. The standard InChI is InChI=1S/C18H10Cl4N2O5/c1-29-8-4-2-7(3-5-8)16(26)23-9(25)6-24-17(27)10-11(18(24)28)13(20)15(22)14(21)12(10)19/h2-5H,6H2,1H3,(H,23,25,26). The molecule has 3 rings (SSSR count). The summed E-state index contributed by atoms with van der Waals surface area (Å²) in [5.41, 5.74) is -0.304. The van der Waals surface area contributed by atoms with Gasteiger partial charge in [-0.1, -0.05) is 46.4 Å². The molecule has 0 fully saturated rings. The number of hydrogen-bond acceptors (Lipinski definition) is 5. The van der Waals surface area contributed by atoms with Crippen molar-refractivity contribution in [3.8, 4) is 5.75 Å². The lowest BCUT2D eigenvalue weighted by atomic mass is 10.1. The van der Waals surface area contributed by atoms with E-state index in [4.69, 9.17) is 51.1 Å². The zero-order valence-electron chi connectivity index (χ0n) is 14.5. The molecular formula is C18H10Cl4N2O5. The van der Waals surface area contributed by atoms with Gasteiger partial charge in [0, 0.05) is 5.56 Å². The van der Waals surface area contributed by atoms with Gasteiger partial charge in [0.2, 0.25) is 5.91 Å². The van der Waals surface area contributed by atoms with Gasteiger partial charge in [-0.05, 0) is 24.3 Å². The summed E-state index contributed by atoms with van der Waals surface area (Å²) in [5, 5.41) is 1.25. The molecule has 29 heavy (non-hydrogen) atoms. The highest BCUT2D eigenvalue weighted by molar-refractivity contribution is 6.55. The molecule has 0 saturated carbocycles. The normalized spacial score (nSPS) is 12.8. The number of ether oxygens (including phenoxy) is 1. The van der Waals surface area contributed by atoms with E-state index in [2.05, 4.69) is 5.32 Å². The average Bonchev–Trinajstić information content (AvgIpc) is 2.95. The molecule has 1 heterocycles. The number of carbonyl (C=O) groups is 4. The van der Waals surface area contributed by atoms with E-state index in [0.717, 1.165) is 0 Å². The van der Waals surface area contributed by atoms with E-state index in [0.29, 0.717) is 10.6 Å². The number of halogens is 4. The third-order valence-corrected chi connectivity index (χ3v) is 5.89. The number of fused-ring (bicyclic) bond motifs is 1. The number of nitrogens with zero attached hydrogens (tertiary/aromatic N) is 1. The molecule has 2 aromatic carbocycles. The molecule has 1 N–H and O–H groups in total. The molecule has 0 atom stereocenters. The van der Waals surface area contributed by atoms with Crippen LogP contribution in [0.2, 0.25) is 20.1 Å². The maximum atomic E-state index is 12.6. The Hall–Kier alpha value is -2.32. The first kappa shape index (κ1) is 21.4. The second kappa shape index (κ2) is 8.20. The first-order valence-corrected chi connectivity index (χ1v) is 9.39. The summed E-state index contributed by atoms with van der Waals surface area (Å²) in [5.74, 6) is -2.81. The third-order valence-electron chi connectivity index (χ3n) is 4.09. The van der Waals surface area contributed by atoms with Gasteiger partial charge in [0.25, 0.3) is 17.7 Å². The summed E-state index contributed by atoms with van der Waals surface area (Å²) in [7, 11) is 1.47.